The second-order valence-electron chi connectivity index (χ2n) is 6.15. The average Bonchev–Trinajstić information content (AvgIpc) is 2.61. The Balaban J connectivity index is 1.54. The summed E-state index contributed by atoms with van der Waals surface area (Å²) in [5, 5.41) is 7.53. The summed E-state index contributed by atoms with van der Waals surface area (Å²) in [6.07, 6.45) is 1.94. The van der Waals surface area contributed by atoms with E-state index in [-0.39, 0.29) is 0 Å². The number of nitrogens with zero attached hydrogens (tertiary/aromatic N) is 4. The highest BCUT2D eigenvalue weighted by molar-refractivity contribution is 6.30. The van der Waals surface area contributed by atoms with Gasteiger partial charge < -0.3 is 9.80 Å². The summed E-state index contributed by atoms with van der Waals surface area (Å²) in [6, 6.07) is 16.5. The standard InChI is InChI=1S/C19H23ClN4/c1-22(2)18-7-3-16(4-8-18)15-21-24-13-11-23(12-14-24)19-9-5-17(20)6-10-19/h3-10,15H,11-14H2,1-2H3/b21-15-. The van der Waals surface area contributed by atoms with Gasteiger partial charge in [0.05, 0.1) is 19.3 Å². The van der Waals surface area contributed by atoms with E-state index in [2.05, 4.69) is 56.3 Å². The quantitative estimate of drug-likeness (QED) is 0.793. The van der Waals surface area contributed by atoms with Crippen molar-refractivity contribution in [3.63, 3.8) is 0 Å². The van der Waals surface area contributed by atoms with Gasteiger partial charge in [0.1, 0.15) is 0 Å². The molecule has 5 heteroatoms. The van der Waals surface area contributed by atoms with E-state index in [1.165, 1.54) is 11.4 Å². The van der Waals surface area contributed by atoms with Crippen molar-refractivity contribution in [1.29, 1.82) is 0 Å². The molecule has 126 valence electrons. The molecule has 1 aliphatic rings. The van der Waals surface area contributed by atoms with Crippen LogP contribution in [0.3, 0.4) is 0 Å². The zero-order valence-electron chi connectivity index (χ0n) is 14.2. The lowest BCUT2D eigenvalue weighted by Crippen LogP contribution is -2.44. The van der Waals surface area contributed by atoms with Crippen molar-refractivity contribution in [3.8, 4) is 0 Å². The van der Waals surface area contributed by atoms with Crippen LogP contribution in [0.1, 0.15) is 5.56 Å². The van der Waals surface area contributed by atoms with Crippen molar-refractivity contribution in [1.82, 2.24) is 5.01 Å². The third-order valence-corrected chi connectivity index (χ3v) is 4.48. The molecule has 1 aliphatic heterocycles. The first-order valence-electron chi connectivity index (χ1n) is 8.19. The van der Waals surface area contributed by atoms with Gasteiger partial charge in [0.25, 0.3) is 0 Å². The fourth-order valence-electron chi connectivity index (χ4n) is 2.73. The highest BCUT2D eigenvalue weighted by Gasteiger charge is 2.15. The number of anilines is 2. The Kier molecular flexibility index (Phi) is 5.26. The Labute approximate surface area is 148 Å². The maximum absolute atomic E-state index is 5.95. The molecule has 4 nitrogen and oxygen atoms in total. The fourth-order valence-corrected chi connectivity index (χ4v) is 2.85. The van der Waals surface area contributed by atoms with E-state index in [0.29, 0.717) is 0 Å². The molecule has 0 amide bonds. The number of hydrogen-bond donors (Lipinski definition) is 0. The van der Waals surface area contributed by atoms with Crippen LogP contribution in [0.4, 0.5) is 11.4 Å². The van der Waals surface area contributed by atoms with Gasteiger partial charge in [0.2, 0.25) is 0 Å². The van der Waals surface area contributed by atoms with E-state index in [0.717, 1.165) is 36.8 Å². The maximum atomic E-state index is 5.95. The minimum Gasteiger partial charge on any atom is -0.378 e. The summed E-state index contributed by atoms with van der Waals surface area (Å²) in [7, 11) is 4.09. The Bertz CT molecular complexity index is 672. The van der Waals surface area contributed by atoms with E-state index < -0.39 is 0 Å². The first kappa shape index (κ1) is 16.7. The normalized spacial score (nSPS) is 15.1. The van der Waals surface area contributed by atoms with Crippen molar-refractivity contribution in [2.45, 2.75) is 0 Å². The van der Waals surface area contributed by atoms with Crippen LogP contribution in [0.5, 0.6) is 0 Å². The molecule has 0 spiro atoms. The molecule has 24 heavy (non-hydrogen) atoms. The Hall–Kier alpha value is -2.20. The Morgan fingerprint density at radius 3 is 2.12 bits per heavy atom. The smallest absolute Gasteiger partial charge is 0.0542 e. The van der Waals surface area contributed by atoms with Gasteiger partial charge in [0.15, 0.2) is 0 Å². The highest BCUT2D eigenvalue weighted by Crippen LogP contribution is 2.19. The minimum atomic E-state index is 0.780. The van der Waals surface area contributed by atoms with Crippen molar-refractivity contribution in [2.75, 3.05) is 50.1 Å². The van der Waals surface area contributed by atoms with Crippen LogP contribution in [0.15, 0.2) is 53.6 Å². The lowest BCUT2D eigenvalue weighted by atomic mass is 10.2. The molecule has 0 aromatic heterocycles. The van der Waals surface area contributed by atoms with Gasteiger partial charge in [-0.05, 0) is 42.0 Å². The van der Waals surface area contributed by atoms with Gasteiger partial charge >= 0.3 is 0 Å². The largest absolute Gasteiger partial charge is 0.378 e. The summed E-state index contributed by atoms with van der Waals surface area (Å²) in [5.41, 5.74) is 3.55. The maximum Gasteiger partial charge on any atom is 0.0542 e. The molecule has 0 aliphatic carbocycles. The molecule has 0 N–H and O–H groups in total. The van der Waals surface area contributed by atoms with Crippen molar-refractivity contribution < 1.29 is 0 Å². The number of hydrogen-bond acceptors (Lipinski definition) is 4. The lowest BCUT2D eigenvalue weighted by Gasteiger charge is -2.34. The van der Waals surface area contributed by atoms with Crippen LogP contribution in [0.25, 0.3) is 0 Å². The van der Waals surface area contributed by atoms with Gasteiger partial charge in [-0.1, -0.05) is 23.7 Å². The summed E-state index contributed by atoms with van der Waals surface area (Å²) in [6.45, 7) is 3.79. The van der Waals surface area contributed by atoms with Crippen LogP contribution in [0.2, 0.25) is 5.02 Å². The molecular weight excluding hydrogens is 320 g/mol. The van der Waals surface area contributed by atoms with E-state index >= 15 is 0 Å². The van der Waals surface area contributed by atoms with E-state index in [9.17, 15) is 0 Å². The highest BCUT2D eigenvalue weighted by atomic mass is 35.5. The molecule has 1 fully saturated rings. The second kappa shape index (κ2) is 7.58. The molecular formula is C19H23ClN4. The van der Waals surface area contributed by atoms with E-state index in [4.69, 9.17) is 11.6 Å². The number of hydrazone groups is 1. The molecule has 0 radical (unpaired) electrons. The summed E-state index contributed by atoms with van der Waals surface area (Å²) in [5.74, 6) is 0. The number of benzene rings is 2. The molecule has 0 bridgehead atoms. The number of rotatable bonds is 4. The number of piperazine rings is 1. The van der Waals surface area contributed by atoms with Crippen molar-refractivity contribution in [3.05, 3.63) is 59.1 Å². The van der Waals surface area contributed by atoms with Crippen molar-refractivity contribution in [2.24, 2.45) is 5.10 Å². The zero-order valence-corrected chi connectivity index (χ0v) is 14.9. The van der Waals surface area contributed by atoms with Crippen molar-refractivity contribution >= 4 is 29.2 Å². The third kappa shape index (κ3) is 4.20. The number of halogens is 1. The summed E-state index contributed by atoms with van der Waals surface area (Å²) < 4.78 is 0. The van der Waals surface area contributed by atoms with Crippen LogP contribution in [-0.2, 0) is 0 Å². The van der Waals surface area contributed by atoms with E-state index in [1.807, 2.05) is 32.4 Å². The molecule has 0 atom stereocenters. The average molecular weight is 343 g/mol. The van der Waals surface area contributed by atoms with Crippen LogP contribution < -0.4 is 9.80 Å². The summed E-state index contributed by atoms with van der Waals surface area (Å²) >= 11 is 5.95. The topological polar surface area (TPSA) is 22.1 Å². The van der Waals surface area contributed by atoms with Gasteiger partial charge in [-0.3, -0.25) is 5.01 Å². The monoisotopic (exact) mass is 342 g/mol. The first-order chi connectivity index (χ1) is 11.6. The molecule has 2 aromatic rings. The second-order valence-corrected chi connectivity index (χ2v) is 6.58. The molecule has 3 rings (SSSR count). The SMILES string of the molecule is CN(C)c1ccc(/C=N\N2CCN(c3ccc(Cl)cc3)CC2)cc1. The Morgan fingerprint density at radius 1 is 0.917 bits per heavy atom. The van der Waals surface area contributed by atoms with Gasteiger partial charge in [-0.2, -0.15) is 5.10 Å². The van der Waals surface area contributed by atoms with Crippen LogP contribution in [-0.4, -0.2) is 51.5 Å². The molecule has 1 heterocycles. The van der Waals surface area contributed by atoms with Gasteiger partial charge in [-0.25, -0.2) is 0 Å². The van der Waals surface area contributed by atoms with Gasteiger partial charge in [-0.15, -0.1) is 0 Å². The fraction of sp³-hybridized carbons (Fsp3) is 0.316. The third-order valence-electron chi connectivity index (χ3n) is 4.23. The first-order valence-corrected chi connectivity index (χ1v) is 8.56. The molecule has 0 saturated carbocycles. The van der Waals surface area contributed by atoms with E-state index in [1.54, 1.807) is 0 Å². The lowest BCUT2D eigenvalue weighted by molar-refractivity contribution is 0.272. The summed E-state index contributed by atoms with van der Waals surface area (Å²) in [4.78, 5) is 4.46. The van der Waals surface area contributed by atoms with Crippen LogP contribution >= 0.6 is 11.6 Å². The molecule has 0 unspecified atom stereocenters. The minimum absolute atomic E-state index is 0.780. The zero-order chi connectivity index (χ0) is 16.9. The predicted molar refractivity (Wildman–Crippen MR) is 104 cm³/mol. The van der Waals surface area contributed by atoms with Crippen LogP contribution in [0, 0.1) is 0 Å². The Morgan fingerprint density at radius 2 is 1.54 bits per heavy atom. The predicted octanol–water partition coefficient (Wildman–Crippen LogP) is 3.56. The molecule has 2 aromatic carbocycles. The molecule has 1 saturated heterocycles. The van der Waals surface area contributed by atoms with Gasteiger partial charge in [0, 0.05) is 43.6 Å².